The molecule has 0 rings (SSSR count). The lowest BCUT2D eigenvalue weighted by Gasteiger charge is -2.00. The molecule has 0 aliphatic rings. The summed E-state index contributed by atoms with van der Waals surface area (Å²) in [5.74, 6) is 0. The largest absolute Gasteiger partial charge is 0.469 e. The van der Waals surface area contributed by atoms with Gasteiger partial charge in [-0.05, 0) is 0 Å². The second-order valence-electron chi connectivity index (χ2n) is 0.828. The number of rotatable bonds is 3. The van der Waals surface area contributed by atoms with E-state index in [0.717, 1.165) is 0 Å². The van der Waals surface area contributed by atoms with Gasteiger partial charge < -0.3 is 15.5 Å². The highest BCUT2D eigenvalue weighted by molar-refractivity contribution is 7.46. The fourth-order valence-electron chi connectivity index (χ4n) is 0.0858. The molecule has 0 amide bonds. The van der Waals surface area contributed by atoms with Gasteiger partial charge in [-0.2, -0.15) is 0 Å². The minimum absolute atomic E-state index is 2.98. The number of hydrogen-bond acceptors (Lipinski definition) is 3. The van der Waals surface area contributed by atoms with Gasteiger partial charge in [0.2, 0.25) is 0 Å². The lowest BCUT2D eigenvalue weighted by atomic mass is 10.8. The summed E-state index contributed by atoms with van der Waals surface area (Å²) in [5, 5.41) is 0. The van der Waals surface area contributed by atoms with Crippen molar-refractivity contribution in [2.45, 2.75) is 0 Å². The Morgan fingerprint density at radius 1 is 1.88 bits per heavy atom. The van der Waals surface area contributed by atoms with Crippen LogP contribution in [0.2, 0.25) is 0 Å². The van der Waals surface area contributed by atoms with E-state index in [-0.39, 0.29) is 0 Å². The van der Waals surface area contributed by atoms with Crippen LogP contribution in [0.4, 0.5) is 0 Å². The van der Waals surface area contributed by atoms with Gasteiger partial charge in [-0.15, -0.1) is 0 Å². The van der Waals surface area contributed by atoms with E-state index in [2.05, 4.69) is 10.3 Å². The van der Waals surface area contributed by atoms with Crippen molar-refractivity contribution in [3.05, 3.63) is 0 Å². The van der Waals surface area contributed by atoms with Crippen molar-refractivity contribution in [1.29, 1.82) is 0 Å². The maximum Gasteiger partial charge on any atom is 0.469 e. The van der Waals surface area contributed by atoms with Gasteiger partial charge in [0.25, 0.3) is 0 Å². The van der Waals surface area contributed by atoms with E-state index in [1.165, 1.54) is 0 Å². The van der Waals surface area contributed by atoms with Crippen LogP contribution in [-0.4, -0.2) is 22.8 Å². The molecule has 0 fully saturated rings. The van der Waals surface area contributed by atoms with Crippen LogP contribution >= 0.6 is 7.82 Å². The maximum atomic E-state index is 10.1. The Morgan fingerprint density at radius 2 is 2.38 bits per heavy atom. The van der Waals surface area contributed by atoms with E-state index in [0.29, 0.717) is 0 Å². The van der Waals surface area contributed by atoms with Crippen LogP contribution < -0.4 is 5.73 Å². The Kier molecular flexibility index (Phi) is 1.30. The molecule has 0 saturated heterocycles. The van der Waals surface area contributed by atoms with E-state index in [1.807, 2.05) is 0 Å². The molecule has 8 heavy (non-hydrogen) atoms. The fourth-order valence-corrected chi connectivity index (χ4v) is 0.257. The molecular weight excluding hydrogens is 133 g/mol. The van der Waals surface area contributed by atoms with Crippen molar-refractivity contribution in [2.75, 3.05) is 13.1 Å². The zero-order valence-corrected chi connectivity index (χ0v) is 4.63. The van der Waals surface area contributed by atoms with Crippen molar-refractivity contribution in [1.82, 2.24) is 0 Å². The summed E-state index contributed by atoms with van der Waals surface area (Å²) in [6.45, 7) is -6.21. The predicted octanol–water partition coefficient (Wildman–Crippen LogP) is -0.946. The SMILES string of the molecule is [2H]C([2H])(N)C([2H])([2H])OP(=O)(O)O. The maximum absolute atomic E-state index is 10.1. The van der Waals surface area contributed by atoms with Gasteiger partial charge in [0, 0.05) is 9.24 Å². The molecule has 0 aliphatic heterocycles. The first kappa shape index (κ1) is 3.29. The molecule has 0 radical (unpaired) electrons. The Bertz CT molecular complexity index is 208. The molecule has 0 aromatic rings. The van der Waals surface area contributed by atoms with Crippen LogP contribution in [0.25, 0.3) is 0 Å². The zero-order chi connectivity index (χ0) is 10.2. The average molecular weight is 145 g/mol. The highest BCUT2D eigenvalue weighted by Gasteiger charge is 2.11. The van der Waals surface area contributed by atoms with E-state index in [1.54, 1.807) is 0 Å². The van der Waals surface area contributed by atoms with Crippen LogP contribution in [-0.2, 0) is 9.09 Å². The minimum atomic E-state index is -5.08. The molecule has 0 spiro atoms. The summed E-state index contributed by atoms with van der Waals surface area (Å²) in [6.07, 6.45) is 0. The van der Waals surface area contributed by atoms with Gasteiger partial charge >= 0.3 is 7.82 Å². The molecule has 5 nitrogen and oxygen atoms in total. The summed E-state index contributed by atoms with van der Waals surface area (Å²) in [6, 6.07) is 0. The third kappa shape index (κ3) is 6.07. The normalized spacial score (nSPS) is 22.9. The fraction of sp³-hybridized carbons (Fsp3) is 1.00. The quantitative estimate of drug-likeness (QED) is 0.445. The second kappa shape index (κ2) is 3.17. The van der Waals surface area contributed by atoms with Gasteiger partial charge in [-0.25, -0.2) is 4.57 Å². The molecule has 0 aromatic heterocycles. The minimum Gasteiger partial charge on any atom is -0.328 e. The summed E-state index contributed by atoms with van der Waals surface area (Å²) >= 11 is 0. The van der Waals surface area contributed by atoms with Gasteiger partial charge in [-0.3, -0.25) is 4.52 Å². The first-order valence-electron chi connectivity index (χ1n) is 3.51. The van der Waals surface area contributed by atoms with Crippen molar-refractivity contribution in [2.24, 2.45) is 5.73 Å². The van der Waals surface area contributed by atoms with Crippen LogP contribution in [0, 0.1) is 0 Å². The lowest BCUT2D eigenvalue weighted by molar-refractivity contribution is 0.202. The molecule has 0 atom stereocenters. The summed E-state index contributed by atoms with van der Waals surface area (Å²) in [7, 11) is -5.08. The summed E-state index contributed by atoms with van der Waals surface area (Å²) in [4.78, 5) is 16.3. The van der Waals surface area contributed by atoms with Crippen molar-refractivity contribution in [3.63, 3.8) is 0 Å². The van der Waals surface area contributed by atoms with Crippen LogP contribution in [0.5, 0.6) is 0 Å². The summed E-state index contributed by atoms with van der Waals surface area (Å²) < 4.78 is 40.2. The first-order valence-corrected chi connectivity index (χ1v) is 3.04. The van der Waals surface area contributed by atoms with Gasteiger partial charge in [-0.1, -0.05) is 0 Å². The Balaban J connectivity index is 4.56. The van der Waals surface area contributed by atoms with Gasteiger partial charge in [0.1, 0.15) is 0 Å². The highest BCUT2D eigenvalue weighted by atomic mass is 31.2. The first-order chi connectivity index (χ1) is 4.96. The van der Waals surface area contributed by atoms with Crippen LogP contribution in [0.15, 0.2) is 0 Å². The van der Waals surface area contributed by atoms with Crippen molar-refractivity contribution in [3.8, 4) is 0 Å². The standard InChI is InChI=1S/C2H8NO4P/c3-1-2-7-8(4,5)6/h1-3H2,(H2,4,5,6)/i1D2,2D2. The van der Waals surface area contributed by atoms with Gasteiger partial charge in [0.05, 0.1) is 9.30 Å². The smallest absolute Gasteiger partial charge is 0.328 e. The molecule has 4 N–H and O–H groups in total. The molecule has 0 aromatic carbocycles. The summed E-state index contributed by atoms with van der Waals surface area (Å²) in [5.41, 5.74) is 4.61. The topological polar surface area (TPSA) is 92.8 Å². The van der Waals surface area contributed by atoms with E-state index in [9.17, 15) is 4.57 Å². The van der Waals surface area contributed by atoms with E-state index < -0.39 is 20.9 Å². The van der Waals surface area contributed by atoms with E-state index >= 15 is 0 Å². The molecule has 50 valence electrons. The zero-order valence-electron chi connectivity index (χ0n) is 7.74. The number of phosphoric acid groups is 1. The predicted molar refractivity (Wildman–Crippen MR) is 27.1 cm³/mol. The number of hydrogen-bond donors (Lipinski definition) is 3. The number of phosphoric ester groups is 1. The monoisotopic (exact) mass is 145 g/mol. The third-order valence-corrected chi connectivity index (χ3v) is 0.553. The lowest BCUT2D eigenvalue weighted by Crippen LogP contribution is -2.06. The Morgan fingerprint density at radius 3 is 2.50 bits per heavy atom. The van der Waals surface area contributed by atoms with Gasteiger partial charge in [0.15, 0.2) is 0 Å². The molecule has 0 heterocycles. The van der Waals surface area contributed by atoms with E-state index in [4.69, 9.17) is 15.3 Å². The highest BCUT2D eigenvalue weighted by Crippen LogP contribution is 2.34. The molecule has 0 bridgehead atoms. The second-order valence-corrected chi connectivity index (χ2v) is 1.99. The molecule has 0 aliphatic carbocycles. The average Bonchev–Trinajstić information content (AvgIpc) is 1.52. The molecule has 6 heteroatoms. The Labute approximate surface area is 52.3 Å². The molecule has 0 unspecified atom stereocenters. The van der Waals surface area contributed by atoms with Crippen LogP contribution in [0.1, 0.15) is 5.48 Å². The third-order valence-electron chi connectivity index (χ3n) is 0.223. The van der Waals surface area contributed by atoms with Crippen molar-refractivity contribution >= 4 is 7.82 Å². The Hall–Kier alpha value is 0.0700. The molecular formula is C2H8NO4P. The number of nitrogens with two attached hydrogens (primary N) is 1. The van der Waals surface area contributed by atoms with Crippen molar-refractivity contribution < 1.29 is 24.4 Å². The van der Waals surface area contributed by atoms with Crippen LogP contribution in [0.3, 0.4) is 0 Å². The molecule has 0 saturated carbocycles.